The summed E-state index contributed by atoms with van der Waals surface area (Å²) in [6, 6.07) is 5.26. The Balaban J connectivity index is 1.67. The van der Waals surface area contributed by atoms with Crippen molar-refractivity contribution in [3.8, 4) is 0 Å². The summed E-state index contributed by atoms with van der Waals surface area (Å²) in [7, 11) is -0.417. The fourth-order valence-corrected chi connectivity index (χ4v) is 4.26. The molecule has 8 heteroatoms. The van der Waals surface area contributed by atoms with Crippen LogP contribution in [0.25, 0.3) is 6.08 Å². The standard InChI is InChI=1S/C28H42BNO6/c1-19-18-21(29-35-27(5,6)28(7,8)36-29)17-16-20(19)12-11-15-23(30-25(32)34-26(2,3)4)24(31)33-22-13-9-10-14-22/h11-12,16-18,22-23H,9-10,13-15H2,1-8H3,(H,30,32)/t23-/m0/s1. The minimum Gasteiger partial charge on any atom is -0.461 e. The first-order valence-electron chi connectivity index (χ1n) is 13.0. The second-order valence-electron chi connectivity index (χ2n) is 11.9. The van der Waals surface area contributed by atoms with Gasteiger partial charge in [0.05, 0.1) is 11.2 Å². The van der Waals surface area contributed by atoms with Crippen molar-refractivity contribution in [2.45, 2.75) is 116 Å². The van der Waals surface area contributed by atoms with Crippen LogP contribution in [0.1, 0.15) is 91.7 Å². The normalized spacial score (nSPS) is 20.5. The largest absolute Gasteiger partial charge is 0.494 e. The summed E-state index contributed by atoms with van der Waals surface area (Å²) in [4.78, 5) is 25.2. The fourth-order valence-electron chi connectivity index (χ4n) is 4.26. The fraction of sp³-hybridized carbons (Fsp3) is 0.643. The lowest BCUT2D eigenvalue weighted by Crippen LogP contribution is -2.44. The quantitative estimate of drug-likeness (QED) is 0.416. The average Bonchev–Trinajstić information content (AvgIpc) is 3.32. The molecule has 0 bridgehead atoms. The monoisotopic (exact) mass is 499 g/mol. The smallest absolute Gasteiger partial charge is 0.461 e. The van der Waals surface area contributed by atoms with Gasteiger partial charge in [0.2, 0.25) is 0 Å². The molecule has 1 amide bonds. The van der Waals surface area contributed by atoms with Gasteiger partial charge in [-0.05, 0) is 104 Å². The van der Waals surface area contributed by atoms with Gasteiger partial charge >= 0.3 is 19.2 Å². The summed E-state index contributed by atoms with van der Waals surface area (Å²) in [6.07, 6.45) is 7.28. The van der Waals surface area contributed by atoms with Crippen LogP contribution in [0, 0.1) is 6.92 Å². The number of carbonyl (C=O) groups is 2. The van der Waals surface area contributed by atoms with E-state index in [9.17, 15) is 9.59 Å². The third-order valence-corrected chi connectivity index (χ3v) is 7.05. The zero-order chi connectivity index (χ0) is 26.7. The zero-order valence-corrected chi connectivity index (χ0v) is 23.1. The van der Waals surface area contributed by atoms with Crippen molar-refractivity contribution >= 4 is 30.7 Å². The van der Waals surface area contributed by atoms with Gasteiger partial charge in [0.25, 0.3) is 0 Å². The highest BCUT2D eigenvalue weighted by Gasteiger charge is 2.51. The highest BCUT2D eigenvalue weighted by molar-refractivity contribution is 6.62. The van der Waals surface area contributed by atoms with E-state index in [1.54, 1.807) is 20.8 Å². The Kier molecular flexibility index (Phi) is 8.61. The van der Waals surface area contributed by atoms with Crippen LogP contribution in [-0.4, -0.2) is 48.1 Å². The van der Waals surface area contributed by atoms with Gasteiger partial charge in [0.15, 0.2) is 0 Å². The first kappa shape index (κ1) is 28.3. The highest BCUT2D eigenvalue weighted by atomic mass is 16.7. The molecule has 1 aliphatic carbocycles. The second kappa shape index (κ2) is 11.0. The van der Waals surface area contributed by atoms with E-state index in [-0.39, 0.29) is 6.10 Å². The van der Waals surface area contributed by atoms with Crippen LogP contribution < -0.4 is 10.8 Å². The number of carbonyl (C=O) groups excluding carboxylic acids is 2. The van der Waals surface area contributed by atoms with Crippen LogP contribution >= 0.6 is 0 Å². The minimum absolute atomic E-state index is 0.0748. The first-order valence-corrected chi connectivity index (χ1v) is 13.0. The van der Waals surface area contributed by atoms with Crippen LogP contribution in [0.3, 0.4) is 0 Å². The molecule has 2 aliphatic rings. The number of hydrogen-bond donors (Lipinski definition) is 1. The number of hydrogen-bond acceptors (Lipinski definition) is 6. The molecule has 1 aromatic rings. The van der Waals surface area contributed by atoms with Gasteiger partial charge in [-0.3, -0.25) is 0 Å². The van der Waals surface area contributed by atoms with Gasteiger partial charge in [-0.15, -0.1) is 0 Å². The number of rotatable bonds is 7. The Hall–Kier alpha value is -2.32. The van der Waals surface area contributed by atoms with E-state index in [0.717, 1.165) is 42.3 Å². The zero-order valence-electron chi connectivity index (χ0n) is 23.1. The van der Waals surface area contributed by atoms with Crippen molar-refractivity contribution in [2.75, 3.05) is 0 Å². The molecule has 198 valence electrons. The van der Waals surface area contributed by atoms with Crippen molar-refractivity contribution < 1.29 is 28.4 Å². The van der Waals surface area contributed by atoms with Crippen molar-refractivity contribution in [3.05, 3.63) is 35.4 Å². The number of esters is 1. The van der Waals surface area contributed by atoms with Crippen molar-refractivity contribution in [1.29, 1.82) is 0 Å². The number of nitrogens with one attached hydrogen (secondary N) is 1. The van der Waals surface area contributed by atoms with Crippen molar-refractivity contribution in [2.24, 2.45) is 0 Å². The summed E-state index contributed by atoms with van der Waals surface area (Å²) >= 11 is 0. The number of alkyl carbamates (subject to hydrolysis) is 1. The van der Waals surface area contributed by atoms with Gasteiger partial charge in [-0.25, -0.2) is 9.59 Å². The van der Waals surface area contributed by atoms with E-state index < -0.39 is 42.0 Å². The number of amides is 1. The minimum atomic E-state index is -0.818. The van der Waals surface area contributed by atoms with Gasteiger partial charge < -0.3 is 24.1 Å². The molecule has 1 saturated heterocycles. The predicted molar refractivity (Wildman–Crippen MR) is 142 cm³/mol. The van der Waals surface area contributed by atoms with Crippen LogP contribution in [-0.2, 0) is 23.6 Å². The average molecular weight is 499 g/mol. The lowest BCUT2D eigenvalue weighted by molar-refractivity contribution is -0.151. The van der Waals surface area contributed by atoms with Crippen molar-refractivity contribution in [3.63, 3.8) is 0 Å². The van der Waals surface area contributed by atoms with E-state index in [1.807, 2.05) is 58.9 Å². The summed E-state index contributed by atoms with van der Waals surface area (Å²) in [5, 5.41) is 2.69. The molecule has 1 atom stereocenters. The van der Waals surface area contributed by atoms with E-state index in [2.05, 4.69) is 11.4 Å². The van der Waals surface area contributed by atoms with Crippen molar-refractivity contribution in [1.82, 2.24) is 5.32 Å². The van der Waals surface area contributed by atoms with Crippen LogP contribution in [0.5, 0.6) is 0 Å². The molecule has 3 rings (SSSR count). The molecule has 1 N–H and O–H groups in total. The predicted octanol–water partition coefficient (Wildman–Crippen LogP) is 5.08. The molecule has 7 nitrogen and oxygen atoms in total. The summed E-state index contributed by atoms with van der Waals surface area (Å²) in [5.41, 5.74) is 1.59. The SMILES string of the molecule is Cc1cc(B2OC(C)(C)C(C)(C)O2)ccc1C=CC[C@H](NC(=O)OC(C)(C)C)C(=O)OC1CCCC1. The third-order valence-electron chi connectivity index (χ3n) is 7.05. The van der Waals surface area contributed by atoms with Gasteiger partial charge in [0.1, 0.15) is 17.7 Å². The summed E-state index contributed by atoms with van der Waals surface area (Å²) in [6.45, 7) is 15.5. The molecule has 1 aromatic carbocycles. The summed E-state index contributed by atoms with van der Waals surface area (Å²) in [5.74, 6) is -0.426. The molecule has 0 unspecified atom stereocenters. The lowest BCUT2D eigenvalue weighted by Gasteiger charge is -2.32. The molecule has 0 aromatic heterocycles. The van der Waals surface area contributed by atoms with E-state index in [0.29, 0.717) is 6.42 Å². The Bertz CT molecular complexity index is 959. The highest BCUT2D eigenvalue weighted by Crippen LogP contribution is 2.36. The Morgan fingerprint density at radius 2 is 1.75 bits per heavy atom. The number of ether oxygens (including phenoxy) is 2. The molecule has 0 radical (unpaired) electrons. The second-order valence-corrected chi connectivity index (χ2v) is 11.9. The third kappa shape index (κ3) is 7.36. The maximum atomic E-state index is 12.9. The number of benzene rings is 1. The topological polar surface area (TPSA) is 83.1 Å². The molecular weight excluding hydrogens is 457 g/mol. The molecule has 36 heavy (non-hydrogen) atoms. The molecule has 0 spiro atoms. The van der Waals surface area contributed by atoms with Crippen LogP contribution in [0.4, 0.5) is 4.79 Å². The maximum Gasteiger partial charge on any atom is 0.494 e. The Morgan fingerprint density at radius 1 is 1.14 bits per heavy atom. The first-order chi connectivity index (χ1) is 16.7. The van der Waals surface area contributed by atoms with Gasteiger partial charge in [-0.1, -0.05) is 30.4 Å². The maximum absolute atomic E-state index is 12.9. The Morgan fingerprint density at radius 3 is 2.31 bits per heavy atom. The molecule has 1 heterocycles. The van der Waals surface area contributed by atoms with E-state index >= 15 is 0 Å². The molecule has 1 saturated carbocycles. The van der Waals surface area contributed by atoms with Crippen LogP contribution in [0.15, 0.2) is 24.3 Å². The van der Waals surface area contributed by atoms with Gasteiger partial charge in [0, 0.05) is 0 Å². The lowest BCUT2D eigenvalue weighted by atomic mass is 9.78. The van der Waals surface area contributed by atoms with E-state index in [1.165, 1.54) is 0 Å². The molecule has 2 fully saturated rings. The molecular formula is C28H42BNO6. The summed E-state index contributed by atoms with van der Waals surface area (Å²) < 4.78 is 23.4. The van der Waals surface area contributed by atoms with Gasteiger partial charge in [-0.2, -0.15) is 0 Å². The Labute approximate surface area is 216 Å². The number of aryl methyl sites for hydroxylation is 1. The van der Waals surface area contributed by atoms with E-state index in [4.69, 9.17) is 18.8 Å². The van der Waals surface area contributed by atoms with Crippen LogP contribution in [0.2, 0.25) is 0 Å². The molecule has 1 aliphatic heterocycles.